The number of rotatable bonds is 6. The Labute approximate surface area is 185 Å². The maximum atomic E-state index is 13.4. The lowest BCUT2D eigenvalue weighted by Crippen LogP contribution is -2.49. The normalized spacial score (nSPS) is 15.3. The number of benzene rings is 1. The van der Waals surface area contributed by atoms with Gasteiger partial charge in [-0.3, -0.25) is 19.6 Å². The molecule has 1 aliphatic rings. The molecular formula is C21H25N5O5S. The molecule has 10 nitrogen and oxygen atoms in total. The second-order valence-corrected chi connectivity index (χ2v) is 9.41. The Balaban J connectivity index is 1.70. The molecular weight excluding hydrogens is 434 g/mol. The Hall–Kier alpha value is -3.15. The zero-order chi connectivity index (χ0) is 22.9. The number of amides is 1. The molecule has 0 spiro atoms. The van der Waals surface area contributed by atoms with Gasteiger partial charge in [0.25, 0.3) is 10.0 Å². The molecule has 0 saturated carbocycles. The van der Waals surface area contributed by atoms with Crippen molar-refractivity contribution < 1.29 is 22.8 Å². The maximum absolute atomic E-state index is 13.4. The van der Waals surface area contributed by atoms with E-state index >= 15 is 0 Å². The number of anilines is 2. The van der Waals surface area contributed by atoms with Gasteiger partial charge in [0, 0.05) is 43.8 Å². The molecule has 3 heterocycles. The van der Waals surface area contributed by atoms with Crippen LogP contribution in [-0.4, -0.2) is 61.6 Å². The van der Waals surface area contributed by atoms with Gasteiger partial charge in [-0.25, -0.2) is 18.9 Å². The van der Waals surface area contributed by atoms with Gasteiger partial charge in [0.05, 0.1) is 5.69 Å². The van der Waals surface area contributed by atoms with E-state index in [2.05, 4.69) is 28.5 Å². The summed E-state index contributed by atoms with van der Waals surface area (Å²) in [5.41, 5.74) is 1.95. The van der Waals surface area contributed by atoms with E-state index in [1.165, 1.54) is 11.5 Å². The Morgan fingerprint density at radius 2 is 1.84 bits per heavy atom. The van der Waals surface area contributed by atoms with Gasteiger partial charge in [-0.2, -0.15) is 0 Å². The van der Waals surface area contributed by atoms with Crippen molar-refractivity contribution in [1.82, 2.24) is 15.4 Å². The van der Waals surface area contributed by atoms with E-state index in [0.29, 0.717) is 30.6 Å². The van der Waals surface area contributed by atoms with Crippen LogP contribution in [0.3, 0.4) is 0 Å². The fourth-order valence-electron chi connectivity index (χ4n) is 3.86. The highest BCUT2D eigenvalue weighted by molar-refractivity contribution is 7.93. The SMILES string of the molecule is CC(C)N1CCN(c2ncccc2NS(=O)(=O)c2c(C(=O)NO)oc3ccccc23)CC1. The van der Waals surface area contributed by atoms with Gasteiger partial charge in [0.2, 0.25) is 5.76 Å². The third kappa shape index (κ3) is 4.14. The van der Waals surface area contributed by atoms with Crippen LogP contribution in [0.25, 0.3) is 11.0 Å². The van der Waals surface area contributed by atoms with E-state index in [0.717, 1.165) is 13.1 Å². The van der Waals surface area contributed by atoms with Crippen LogP contribution in [0.15, 0.2) is 51.9 Å². The van der Waals surface area contributed by atoms with E-state index in [-0.39, 0.29) is 15.9 Å². The van der Waals surface area contributed by atoms with Crippen LogP contribution in [0.1, 0.15) is 24.4 Å². The number of carbonyl (C=O) groups excluding carboxylic acids is 1. The van der Waals surface area contributed by atoms with Gasteiger partial charge in [-0.1, -0.05) is 12.1 Å². The minimum atomic E-state index is -4.26. The van der Waals surface area contributed by atoms with Crippen molar-refractivity contribution >= 4 is 38.4 Å². The quantitative estimate of drug-likeness (QED) is 0.378. The number of para-hydroxylation sites is 1. The van der Waals surface area contributed by atoms with Crippen LogP contribution in [0.5, 0.6) is 0 Å². The first-order valence-corrected chi connectivity index (χ1v) is 11.7. The van der Waals surface area contributed by atoms with Crippen molar-refractivity contribution in [2.45, 2.75) is 24.8 Å². The van der Waals surface area contributed by atoms with Crippen LogP contribution in [0.2, 0.25) is 0 Å². The zero-order valence-electron chi connectivity index (χ0n) is 17.8. The van der Waals surface area contributed by atoms with Gasteiger partial charge < -0.3 is 9.32 Å². The molecule has 0 bridgehead atoms. The summed E-state index contributed by atoms with van der Waals surface area (Å²) in [6.45, 7) is 7.38. The second kappa shape index (κ2) is 8.77. The van der Waals surface area contributed by atoms with Gasteiger partial charge >= 0.3 is 5.91 Å². The minimum Gasteiger partial charge on any atom is -0.449 e. The number of furan rings is 1. The lowest BCUT2D eigenvalue weighted by atomic mass is 10.2. The number of pyridine rings is 1. The first kappa shape index (κ1) is 22.1. The largest absolute Gasteiger partial charge is 0.449 e. The van der Waals surface area contributed by atoms with Crippen LogP contribution in [0.4, 0.5) is 11.5 Å². The summed E-state index contributed by atoms with van der Waals surface area (Å²) < 4.78 is 34.8. The first-order valence-electron chi connectivity index (χ1n) is 10.2. The molecule has 1 saturated heterocycles. The summed E-state index contributed by atoms with van der Waals surface area (Å²) in [5.74, 6) is -1.05. The van der Waals surface area contributed by atoms with Gasteiger partial charge in [0.15, 0.2) is 5.82 Å². The summed E-state index contributed by atoms with van der Waals surface area (Å²) >= 11 is 0. The Kier molecular flexibility index (Phi) is 6.04. The van der Waals surface area contributed by atoms with Crippen LogP contribution in [0, 0.1) is 0 Å². The lowest BCUT2D eigenvalue weighted by molar-refractivity contribution is 0.0673. The molecule has 1 amide bonds. The van der Waals surface area contributed by atoms with E-state index in [4.69, 9.17) is 9.62 Å². The number of hydroxylamine groups is 1. The fourth-order valence-corrected chi connectivity index (χ4v) is 5.25. The van der Waals surface area contributed by atoms with E-state index in [9.17, 15) is 13.2 Å². The number of hydrogen-bond acceptors (Lipinski definition) is 8. The molecule has 3 aromatic rings. The number of sulfonamides is 1. The molecule has 0 atom stereocenters. The highest BCUT2D eigenvalue weighted by atomic mass is 32.2. The average Bonchev–Trinajstić information content (AvgIpc) is 3.19. The van der Waals surface area contributed by atoms with Gasteiger partial charge in [-0.15, -0.1) is 0 Å². The average molecular weight is 460 g/mol. The third-order valence-electron chi connectivity index (χ3n) is 5.50. The smallest absolute Gasteiger partial charge is 0.311 e. The Bertz CT molecular complexity index is 1230. The van der Waals surface area contributed by atoms with E-state index in [1.54, 1.807) is 36.5 Å². The third-order valence-corrected chi connectivity index (χ3v) is 6.93. The predicted molar refractivity (Wildman–Crippen MR) is 119 cm³/mol. The predicted octanol–water partition coefficient (Wildman–Crippen LogP) is 2.28. The summed E-state index contributed by atoms with van der Waals surface area (Å²) in [6.07, 6.45) is 1.61. The molecule has 3 N–H and O–H groups in total. The minimum absolute atomic E-state index is 0.211. The summed E-state index contributed by atoms with van der Waals surface area (Å²) in [7, 11) is -4.26. The number of piperazine rings is 1. The Morgan fingerprint density at radius 1 is 1.12 bits per heavy atom. The molecule has 170 valence electrons. The number of fused-ring (bicyclic) bond motifs is 1. The highest BCUT2D eigenvalue weighted by Gasteiger charge is 2.31. The van der Waals surface area contributed by atoms with Crippen LogP contribution >= 0.6 is 0 Å². The van der Waals surface area contributed by atoms with Crippen molar-refractivity contribution in [2.24, 2.45) is 0 Å². The van der Waals surface area contributed by atoms with Crippen molar-refractivity contribution in [3.05, 3.63) is 48.4 Å². The zero-order valence-corrected chi connectivity index (χ0v) is 18.6. The van der Waals surface area contributed by atoms with Crippen molar-refractivity contribution in [3.8, 4) is 0 Å². The molecule has 0 aliphatic carbocycles. The molecule has 4 rings (SSSR count). The fraction of sp³-hybridized carbons (Fsp3) is 0.333. The van der Waals surface area contributed by atoms with Gasteiger partial charge in [-0.05, 0) is 38.1 Å². The molecule has 32 heavy (non-hydrogen) atoms. The topological polar surface area (TPSA) is 128 Å². The summed E-state index contributed by atoms with van der Waals surface area (Å²) in [6, 6.07) is 10.1. The van der Waals surface area contributed by atoms with Crippen LogP contribution < -0.4 is 15.1 Å². The van der Waals surface area contributed by atoms with Crippen molar-refractivity contribution in [2.75, 3.05) is 35.8 Å². The number of aromatic nitrogens is 1. The molecule has 1 fully saturated rings. The monoisotopic (exact) mass is 459 g/mol. The van der Waals surface area contributed by atoms with E-state index in [1.807, 2.05) is 4.90 Å². The molecule has 11 heteroatoms. The molecule has 0 unspecified atom stereocenters. The molecule has 2 aromatic heterocycles. The first-order chi connectivity index (χ1) is 15.3. The number of hydrogen-bond donors (Lipinski definition) is 3. The number of nitrogens with zero attached hydrogens (tertiary/aromatic N) is 3. The lowest BCUT2D eigenvalue weighted by Gasteiger charge is -2.38. The van der Waals surface area contributed by atoms with Gasteiger partial charge in [0.1, 0.15) is 10.5 Å². The number of nitrogens with one attached hydrogen (secondary N) is 2. The standard InChI is InChI=1S/C21H25N5O5S/c1-14(2)25-10-12-26(13-11-25)20-16(7-5-9-22-20)24-32(29,30)19-15-6-3-4-8-17(15)31-18(19)21(27)23-28/h3-9,14,24,28H,10-13H2,1-2H3,(H,23,27). The molecule has 1 aliphatic heterocycles. The summed E-state index contributed by atoms with van der Waals surface area (Å²) in [4.78, 5) is 20.6. The Morgan fingerprint density at radius 3 is 2.53 bits per heavy atom. The molecule has 1 aromatic carbocycles. The maximum Gasteiger partial charge on any atom is 0.311 e. The number of carbonyl (C=O) groups is 1. The highest BCUT2D eigenvalue weighted by Crippen LogP contribution is 2.33. The van der Waals surface area contributed by atoms with Crippen molar-refractivity contribution in [1.29, 1.82) is 0 Å². The molecule has 0 radical (unpaired) electrons. The van der Waals surface area contributed by atoms with Crippen molar-refractivity contribution in [3.63, 3.8) is 0 Å². The summed E-state index contributed by atoms with van der Waals surface area (Å²) in [5, 5.41) is 9.30. The van der Waals surface area contributed by atoms with Crippen LogP contribution in [-0.2, 0) is 10.0 Å². The second-order valence-electron chi connectivity index (χ2n) is 7.79. The van der Waals surface area contributed by atoms with E-state index < -0.39 is 21.7 Å².